The summed E-state index contributed by atoms with van der Waals surface area (Å²) in [7, 11) is 0. The predicted octanol–water partition coefficient (Wildman–Crippen LogP) is 7.50. The van der Waals surface area contributed by atoms with E-state index in [2.05, 4.69) is 20.8 Å². The maximum absolute atomic E-state index is 10.9. The molecule has 3 N–H and O–H groups in total. The Balaban J connectivity index is 1.33. The lowest BCUT2D eigenvalue weighted by Gasteiger charge is -2.34. The van der Waals surface area contributed by atoms with Gasteiger partial charge in [-0.3, -0.25) is 0 Å². The Labute approximate surface area is 211 Å². The van der Waals surface area contributed by atoms with Crippen molar-refractivity contribution in [1.82, 2.24) is 0 Å². The second-order valence-corrected chi connectivity index (χ2v) is 13.4. The Morgan fingerprint density at radius 1 is 0.647 bits per heavy atom. The highest BCUT2D eigenvalue weighted by Gasteiger charge is 2.30. The van der Waals surface area contributed by atoms with Gasteiger partial charge in [-0.15, -0.1) is 0 Å². The molecule has 3 saturated carbocycles. The van der Waals surface area contributed by atoms with Crippen LogP contribution in [0.3, 0.4) is 0 Å². The van der Waals surface area contributed by atoms with E-state index in [0.29, 0.717) is 30.1 Å². The maximum atomic E-state index is 10.9. The van der Waals surface area contributed by atoms with Gasteiger partial charge in [0, 0.05) is 0 Å². The van der Waals surface area contributed by atoms with E-state index >= 15 is 0 Å². The molecule has 3 heteroatoms. The molecule has 3 aliphatic rings. The van der Waals surface area contributed by atoms with Gasteiger partial charge in [0.15, 0.2) is 0 Å². The molecule has 0 bridgehead atoms. The van der Waals surface area contributed by atoms with Crippen molar-refractivity contribution >= 4 is 0 Å². The van der Waals surface area contributed by atoms with Crippen LogP contribution in [0, 0.1) is 41.4 Å². The number of rotatable bonds is 12. The Morgan fingerprint density at radius 2 is 1.24 bits per heavy atom. The van der Waals surface area contributed by atoms with Crippen molar-refractivity contribution in [1.29, 1.82) is 0 Å². The maximum Gasteiger partial charge on any atom is 0.0801 e. The van der Waals surface area contributed by atoms with Crippen molar-refractivity contribution in [2.24, 2.45) is 41.4 Å². The Kier molecular flexibility index (Phi) is 12.2. The van der Waals surface area contributed by atoms with E-state index in [4.69, 9.17) is 0 Å². The monoisotopic (exact) mass is 478 g/mol. The molecule has 0 aliphatic heterocycles. The number of aliphatic hydroxyl groups is 3. The second-order valence-electron chi connectivity index (χ2n) is 13.4. The largest absolute Gasteiger partial charge is 0.393 e. The van der Waals surface area contributed by atoms with E-state index in [0.717, 1.165) is 49.9 Å². The van der Waals surface area contributed by atoms with Crippen LogP contribution in [0.2, 0.25) is 0 Å². The first-order chi connectivity index (χ1) is 16.3. The van der Waals surface area contributed by atoms with Gasteiger partial charge in [0.05, 0.1) is 18.3 Å². The van der Waals surface area contributed by atoms with Crippen molar-refractivity contribution < 1.29 is 15.3 Å². The normalized spacial score (nSPS) is 32.9. The van der Waals surface area contributed by atoms with Gasteiger partial charge in [0.2, 0.25) is 0 Å². The van der Waals surface area contributed by atoms with Crippen LogP contribution in [0.25, 0.3) is 0 Å². The Morgan fingerprint density at radius 3 is 1.85 bits per heavy atom. The number of hydrogen-bond donors (Lipinski definition) is 3. The van der Waals surface area contributed by atoms with Crippen molar-refractivity contribution in [2.45, 2.75) is 155 Å². The molecule has 3 fully saturated rings. The molecule has 4 atom stereocenters. The van der Waals surface area contributed by atoms with Gasteiger partial charge in [0.1, 0.15) is 0 Å². The molecular weight excluding hydrogens is 420 g/mol. The van der Waals surface area contributed by atoms with Gasteiger partial charge in [-0.25, -0.2) is 0 Å². The van der Waals surface area contributed by atoms with Crippen LogP contribution in [-0.2, 0) is 0 Å². The molecule has 0 radical (unpaired) electrons. The van der Waals surface area contributed by atoms with Gasteiger partial charge < -0.3 is 15.3 Å². The Bertz CT molecular complexity index is 527. The van der Waals surface area contributed by atoms with Crippen LogP contribution in [0.1, 0.15) is 136 Å². The summed E-state index contributed by atoms with van der Waals surface area (Å²) in [6, 6.07) is 0. The summed E-state index contributed by atoms with van der Waals surface area (Å²) in [5, 5.41) is 32.4. The van der Waals surface area contributed by atoms with E-state index in [9.17, 15) is 15.3 Å². The fourth-order valence-corrected chi connectivity index (χ4v) is 7.57. The molecule has 3 rings (SSSR count). The van der Waals surface area contributed by atoms with Crippen LogP contribution < -0.4 is 0 Å². The molecule has 34 heavy (non-hydrogen) atoms. The summed E-state index contributed by atoms with van der Waals surface area (Å²) < 4.78 is 0. The average Bonchev–Trinajstić information content (AvgIpc) is 2.83. The molecule has 0 aromatic rings. The summed E-state index contributed by atoms with van der Waals surface area (Å²) in [6.07, 6.45) is 20.4. The van der Waals surface area contributed by atoms with E-state index in [1.807, 2.05) is 0 Å². The molecule has 0 aromatic heterocycles. The molecule has 3 nitrogen and oxygen atoms in total. The van der Waals surface area contributed by atoms with Gasteiger partial charge in [-0.05, 0) is 86.4 Å². The standard InChI is InChI=1S/C31H58O3/c1-22(2)28(21-30(33)27-15-9-23(3)10-16-27)17-18-29(32)31(34)20-26-13-11-25(12-14-26)19-24-7-5-4-6-8-24/h22-34H,4-21H2,1-3H3. The molecule has 0 amide bonds. The second kappa shape index (κ2) is 14.6. The fraction of sp³-hybridized carbons (Fsp3) is 1.00. The molecular formula is C31H58O3. The summed E-state index contributed by atoms with van der Waals surface area (Å²) in [4.78, 5) is 0. The molecule has 200 valence electrons. The Hall–Kier alpha value is -0.120. The first-order valence-electron chi connectivity index (χ1n) is 15.4. The summed E-state index contributed by atoms with van der Waals surface area (Å²) in [6.45, 7) is 6.82. The highest BCUT2D eigenvalue weighted by Crippen LogP contribution is 2.39. The van der Waals surface area contributed by atoms with E-state index in [-0.39, 0.29) is 6.10 Å². The minimum Gasteiger partial charge on any atom is -0.393 e. The van der Waals surface area contributed by atoms with E-state index < -0.39 is 12.2 Å². The number of aliphatic hydroxyl groups excluding tert-OH is 3. The zero-order valence-corrected chi connectivity index (χ0v) is 22.8. The van der Waals surface area contributed by atoms with Crippen LogP contribution in [0.15, 0.2) is 0 Å². The third-order valence-electron chi connectivity index (χ3n) is 10.3. The van der Waals surface area contributed by atoms with Crippen LogP contribution >= 0.6 is 0 Å². The van der Waals surface area contributed by atoms with Crippen LogP contribution in [-0.4, -0.2) is 33.6 Å². The van der Waals surface area contributed by atoms with Crippen LogP contribution in [0.4, 0.5) is 0 Å². The van der Waals surface area contributed by atoms with E-state index in [1.165, 1.54) is 77.0 Å². The quantitative estimate of drug-likeness (QED) is 0.272. The van der Waals surface area contributed by atoms with Gasteiger partial charge in [-0.1, -0.05) is 91.4 Å². The third kappa shape index (κ3) is 9.40. The molecule has 4 unspecified atom stereocenters. The zero-order chi connectivity index (χ0) is 24.5. The molecule has 0 aromatic carbocycles. The average molecular weight is 479 g/mol. The van der Waals surface area contributed by atoms with Gasteiger partial charge in [0.25, 0.3) is 0 Å². The van der Waals surface area contributed by atoms with Crippen LogP contribution in [0.5, 0.6) is 0 Å². The summed E-state index contributed by atoms with van der Waals surface area (Å²) in [5.74, 6) is 4.67. The minimum atomic E-state index is -0.617. The lowest BCUT2D eigenvalue weighted by atomic mass is 9.73. The molecule has 0 heterocycles. The van der Waals surface area contributed by atoms with E-state index in [1.54, 1.807) is 0 Å². The van der Waals surface area contributed by atoms with Crippen molar-refractivity contribution in [3.05, 3.63) is 0 Å². The smallest absolute Gasteiger partial charge is 0.0801 e. The lowest BCUT2D eigenvalue weighted by Crippen LogP contribution is -2.32. The topological polar surface area (TPSA) is 60.7 Å². The molecule has 0 saturated heterocycles. The summed E-state index contributed by atoms with van der Waals surface area (Å²) in [5.41, 5.74) is 0. The van der Waals surface area contributed by atoms with Gasteiger partial charge in [-0.2, -0.15) is 0 Å². The van der Waals surface area contributed by atoms with Crippen molar-refractivity contribution in [3.8, 4) is 0 Å². The molecule has 3 aliphatic carbocycles. The highest BCUT2D eigenvalue weighted by molar-refractivity contribution is 4.82. The minimum absolute atomic E-state index is 0.203. The first-order valence-corrected chi connectivity index (χ1v) is 15.4. The van der Waals surface area contributed by atoms with Gasteiger partial charge >= 0.3 is 0 Å². The van der Waals surface area contributed by atoms with Crippen molar-refractivity contribution in [3.63, 3.8) is 0 Å². The zero-order valence-electron chi connectivity index (χ0n) is 22.8. The lowest BCUT2D eigenvalue weighted by molar-refractivity contribution is -0.0115. The highest BCUT2D eigenvalue weighted by atomic mass is 16.3. The SMILES string of the molecule is CC1CCC(C(O)CC(CCC(O)C(O)CC2CCC(CC3CCCCC3)CC2)C(C)C)CC1. The third-order valence-corrected chi connectivity index (χ3v) is 10.3. The van der Waals surface area contributed by atoms with Crippen molar-refractivity contribution in [2.75, 3.05) is 0 Å². The first kappa shape index (κ1) is 28.5. The fourth-order valence-electron chi connectivity index (χ4n) is 7.57. The summed E-state index contributed by atoms with van der Waals surface area (Å²) >= 11 is 0. The molecule has 0 spiro atoms. The number of hydrogen-bond acceptors (Lipinski definition) is 3. The predicted molar refractivity (Wildman–Crippen MR) is 143 cm³/mol.